The van der Waals surface area contributed by atoms with Crippen LogP contribution in [-0.4, -0.2) is 34.8 Å². The lowest BCUT2D eigenvalue weighted by atomic mass is 9.90. The van der Waals surface area contributed by atoms with Gasteiger partial charge in [0, 0.05) is 10.6 Å². The summed E-state index contributed by atoms with van der Waals surface area (Å²) in [6.45, 7) is 3.53. The SMILES string of the molecule is OS1(CCCN2CCC(Cc3ccccc3)CC2)C=Cc2ccccc21. The molecule has 0 saturated carbocycles. The summed E-state index contributed by atoms with van der Waals surface area (Å²) in [6, 6.07) is 19.2. The summed E-state index contributed by atoms with van der Waals surface area (Å²) >= 11 is 0. The number of hydrogen-bond donors (Lipinski definition) is 1. The standard InChI is InChI=1S/C23H29NOS/c25-26(18-13-22-9-4-5-10-23(22)26)17-6-14-24-15-11-21(12-16-24)19-20-7-2-1-3-8-20/h1-5,7-10,13,18,21,25H,6,11-12,14-17,19H2. The molecule has 2 aromatic carbocycles. The Hall–Kier alpha value is -1.55. The van der Waals surface area contributed by atoms with Crippen molar-refractivity contribution in [2.45, 2.75) is 30.6 Å². The van der Waals surface area contributed by atoms with Crippen molar-refractivity contribution in [1.29, 1.82) is 0 Å². The van der Waals surface area contributed by atoms with E-state index in [9.17, 15) is 4.55 Å². The lowest BCUT2D eigenvalue weighted by molar-refractivity contribution is 0.184. The van der Waals surface area contributed by atoms with E-state index < -0.39 is 10.3 Å². The molecule has 0 amide bonds. The molecule has 1 fully saturated rings. The summed E-state index contributed by atoms with van der Waals surface area (Å²) in [4.78, 5) is 3.75. The molecule has 26 heavy (non-hydrogen) atoms. The molecular weight excluding hydrogens is 338 g/mol. The number of rotatable bonds is 6. The Morgan fingerprint density at radius 1 is 0.962 bits per heavy atom. The number of hydrogen-bond acceptors (Lipinski definition) is 2. The molecule has 2 aromatic rings. The fourth-order valence-corrected chi connectivity index (χ4v) is 6.55. The molecule has 0 aliphatic carbocycles. The maximum Gasteiger partial charge on any atom is 0.0235 e. The van der Waals surface area contributed by atoms with Gasteiger partial charge in [-0.2, -0.15) is 0 Å². The fourth-order valence-electron chi connectivity index (χ4n) is 4.25. The molecule has 0 aromatic heterocycles. The Morgan fingerprint density at radius 2 is 1.69 bits per heavy atom. The van der Waals surface area contributed by atoms with Crippen LogP contribution in [0.1, 0.15) is 30.4 Å². The van der Waals surface area contributed by atoms with Crippen molar-refractivity contribution >= 4 is 16.4 Å². The first-order chi connectivity index (χ1) is 12.7. The molecule has 2 nitrogen and oxygen atoms in total. The van der Waals surface area contributed by atoms with Gasteiger partial charge in [-0.25, -0.2) is 0 Å². The lowest BCUT2D eigenvalue weighted by Crippen LogP contribution is -2.35. The van der Waals surface area contributed by atoms with E-state index >= 15 is 0 Å². The molecule has 0 bridgehead atoms. The van der Waals surface area contributed by atoms with Gasteiger partial charge in [0.15, 0.2) is 0 Å². The van der Waals surface area contributed by atoms with Gasteiger partial charge in [-0.1, -0.05) is 58.8 Å². The van der Waals surface area contributed by atoms with Gasteiger partial charge in [-0.3, -0.25) is 0 Å². The summed E-state index contributed by atoms with van der Waals surface area (Å²) in [5.41, 5.74) is 2.68. The lowest BCUT2D eigenvalue weighted by Gasteiger charge is -2.34. The molecule has 2 aliphatic rings. The molecule has 138 valence electrons. The van der Waals surface area contributed by atoms with Gasteiger partial charge >= 0.3 is 0 Å². The van der Waals surface area contributed by atoms with Gasteiger partial charge in [0.1, 0.15) is 0 Å². The van der Waals surface area contributed by atoms with Crippen molar-refractivity contribution in [2.75, 3.05) is 25.4 Å². The van der Waals surface area contributed by atoms with E-state index in [0.717, 1.165) is 29.5 Å². The Labute approximate surface area is 159 Å². The highest BCUT2D eigenvalue weighted by Crippen LogP contribution is 2.59. The Kier molecular flexibility index (Phi) is 5.49. The minimum Gasteiger partial charge on any atom is -0.343 e. The summed E-state index contributed by atoms with van der Waals surface area (Å²) in [7, 11) is -1.72. The summed E-state index contributed by atoms with van der Waals surface area (Å²) in [6.07, 6.45) is 7.00. The Morgan fingerprint density at radius 3 is 2.50 bits per heavy atom. The average molecular weight is 368 g/mol. The minimum atomic E-state index is -1.72. The molecule has 1 saturated heterocycles. The molecule has 2 heterocycles. The van der Waals surface area contributed by atoms with Crippen molar-refractivity contribution in [1.82, 2.24) is 4.90 Å². The van der Waals surface area contributed by atoms with Gasteiger partial charge in [0.2, 0.25) is 0 Å². The first-order valence-electron chi connectivity index (χ1n) is 9.80. The monoisotopic (exact) mass is 367 g/mol. The first kappa shape index (κ1) is 17.8. The van der Waals surface area contributed by atoms with Crippen LogP contribution >= 0.6 is 10.3 Å². The van der Waals surface area contributed by atoms with Gasteiger partial charge in [-0.05, 0) is 79.9 Å². The average Bonchev–Trinajstić information content (AvgIpc) is 3.02. The van der Waals surface area contributed by atoms with Crippen LogP contribution in [0.15, 0.2) is 64.9 Å². The van der Waals surface area contributed by atoms with Gasteiger partial charge < -0.3 is 9.45 Å². The van der Waals surface area contributed by atoms with Crippen LogP contribution in [0.5, 0.6) is 0 Å². The quantitative estimate of drug-likeness (QED) is 0.713. The first-order valence-corrected chi connectivity index (χ1v) is 11.6. The number of likely N-dealkylation sites (tertiary alicyclic amines) is 1. The number of piperidine rings is 1. The minimum absolute atomic E-state index is 0.827. The fraction of sp³-hybridized carbons (Fsp3) is 0.391. The van der Waals surface area contributed by atoms with Crippen molar-refractivity contribution in [2.24, 2.45) is 5.92 Å². The highest BCUT2D eigenvalue weighted by Gasteiger charge is 2.27. The van der Waals surface area contributed by atoms with Crippen LogP contribution in [0.3, 0.4) is 0 Å². The van der Waals surface area contributed by atoms with E-state index in [-0.39, 0.29) is 0 Å². The molecule has 2 aliphatic heterocycles. The van der Waals surface area contributed by atoms with Crippen molar-refractivity contribution in [3.05, 3.63) is 71.1 Å². The molecular formula is C23H29NOS. The predicted molar refractivity (Wildman–Crippen MR) is 113 cm³/mol. The summed E-state index contributed by atoms with van der Waals surface area (Å²) < 4.78 is 11.1. The molecule has 0 radical (unpaired) electrons. The normalized spacial score (nSPS) is 25.7. The Balaban J connectivity index is 1.22. The van der Waals surface area contributed by atoms with Crippen LogP contribution in [0.2, 0.25) is 0 Å². The molecule has 1 atom stereocenters. The van der Waals surface area contributed by atoms with Crippen LogP contribution in [0.25, 0.3) is 6.08 Å². The number of benzene rings is 2. The van der Waals surface area contributed by atoms with Gasteiger partial charge in [0.05, 0.1) is 0 Å². The molecule has 3 heteroatoms. The topological polar surface area (TPSA) is 23.5 Å². The number of nitrogens with zero attached hydrogens (tertiary/aromatic N) is 1. The van der Waals surface area contributed by atoms with E-state index in [4.69, 9.17) is 0 Å². The molecule has 1 unspecified atom stereocenters. The zero-order chi connectivity index (χ0) is 17.8. The van der Waals surface area contributed by atoms with Crippen molar-refractivity contribution in [3.8, 4) is 0 Å². The highest BCUT2D eigenvalue weighted by atomic mass is 32.3. The van der Waals surface area contributed by atoms with Crippen LogP contribution < -0.4 is 0 Å². The van der Waals surface area contributed by atoms with Crippen LogP contribution in [0, 0.1) is 5.92 Å². The summed E-state index contributed by atoms with van der Waals surface area (Å²) in [5, 5.41) is 2.06. The van der Waals surface area contributed by atoms with E-state index in [1.807, 2.05) is 12.1 Å². The number of fused-ring (bicyclic) bond motifs is 1. The van der Waals surface area contributed by atoms with Crippen molar-refractivity contribution in [3.63, 3.8) is 0 Å². The molecule has 4 rings (SSSR count). The summed E-state index contributed by atoms with van der Waals surface area (Å²) in [5.74, 6) is 1.72. The Bertz CT molecular complexity index is 752. The largest absolute Gasteiger partial charge is 0.343 e. The van der Waals surface area contributed by atoms with Gasteiger partial charge in [0.25, 0.3) is 0 Å². The highest BCUT2D eigenvalue weighted by molar-refractivity contribution is 8.31. The zero-order valence-corrected chi connectivity index (χ0v) is 16.2. The third kappa shape index (κ3) is 4.06. The van der Waals surface area contributed by atoms with Crippen LogP contribution in [-0.2, 0) is 6.42 Å². The zero-order valence-electron chi connectivity index (χ0n) is 15.4. The molecule has 0 spiro atoms. The van der Waals surface area contributed by atoms with Crippen LogP contribution in [0.4, 0.5) is 0 Å². The van der Waals surface area contributed by atoms with Crippen molar-refractivity contribution < 1.29 is 4.55 Å². The second-order valence-electron chi connectivity index (χ2n) is 7.63. The van der Waals surface area contributed by atoms with E-state index in [1.54, 1.807) is 0 Å². The maximum atomic E-state index is 11.1. The van der Waals surface area contributed by atoms with Gasteiger partial charge in [-0.15, -0.1) is 0 Å². The van der Waals surface area contributed by atoms with E-state index in [1.165, 1.54) is 43.5 Å². The smallest absolute Gasteiger partial charge is 0.0235 e. The maximum absolute atomic E-state index is 11.1. The van der Waals surface area contributed by atoms with E-state index in [2.05, 4.69) is 58.8 Å². The molecule has 1 N–H and O–H groups in total. The second kappa shape index (κ2) is 7.99. The second-order valence-corrected chi connectivity index (χ2v) is 10.3. The van der Waals surface area contributed by atoms with E-state index in [0.29, 0.717) is 0 Å². The third-order valence-corrected chi connectivity index (χ3v) is 8.41. The third-order valence-electron chi connectivity index (χ3n) is 5.78. The predicted octanol–water partition coefficient (Wildman–Crippen LogP) is 5.65.